The van der Waals surface area contributed by atoms with E-state index in [1.165, 1.54) is 23.5 Å². The summed E-state index contributed by atoms with van der Waals surface area (Å²) in [4.78, 5) is 9.02. The van der Waals surface area contributed by atoms with Crippen molar-refractivity contribution in [1.82, 2.24) is 9.97 Å². The third-order valence-electron chi connectivity index (χ3n) is 6.22. The van der Waals surface area contributed by atoms with Gasteiger partial charge in [-0.1, -0.05) is 30.3 Å². The average Bonchev–Trinajstić information content (AvgIpc) is 3.58. The summed E-state index contributed by atoms with van der Waals surface area (Å²) in [7, 11) is -3.84. The first-order valence-corrected chi connectivity index (χ1v) is 14.4. The van der Waals surface area contributed by atoms with Crippen molar-refractivity contribution in [1.29, 1.82) is 0 Å². The van der Waals surface area contributed by atoms with E-state index in [2.05, 4.69) is 9.97 Å². The van der Waals surface area contributed by atoms with Gasteiger partial charge in [0.05, 0.1) is 23.8 Å². The SMILES string of the molecule is NS(=O)(=O)c1ccc(-c2oc(C(O)COCc3csc(C4(O)CCOCC4)n3)nc2-c2ccccc2)cc1. The van der Waals surface area contributed by atoms with Gasteiger partial charge in [0.15, 0.2) is 11.9 Å². The Balaban J connectivity index is 1.31. The monoisotopic (exact) mass is 557 g/mol. The fourth-order valence-electron chi connectivity index (χ4n) is 4.12. The number of aromatic nitrogens is 2. The molecule has 0 bridgehead atoms. The van der Waals surface area contributed by atoms with Gasteiger partial charge < -0.3 is 24.1 Å². The van der Waals surface area contributed by atoms with Crippen molar-refractivity contribution in [3.8, 4) is 22.6 Å². The van der Waals surface area contributed by atoms with Crippen LogP contribution in [0.5, 0.6) is 0 Å². The average molecular weight is 558 g/mol. The summed E-state index contributed by atoms with van der Waals surface area (Å²) in [5.74, 6) is 0.435. The van der Waals surface area contributed by atoms with Gasteiger partial charge in [0.1, 0.15) is 16.3 Å². The highest BCUT2D eigenvalue weighted by Crippen LogP contribution is 2.36. The van der Waals surface area contributed by atoms with Crippen LogP contribution >= 0.6 is 11.3 Å². The van der Waals surface area contributed by atoms with Gasteiger partial charge in [-0.15, -0.1) is 11.3 Å². The van der Waals surface area contributed by atoms with Crippen LogP contribution in [0.15, 0.2) is 69.3 Å². The quantitative estimate of drug-likeness (QED) is 0.281. The molecular formula is C26H27N3O7S2. The van der Waals surface area contributed by atoms with E-state index in [0.29, 0.717) is 53.8 Å². The molecule has 0 saturated carbocycles. The Morgan fingerprint density at radius 3 is 2.45 bits per heavy atom. The van der Waals surface area contributed by atoms with Gasteiger partial charge in [-0.05, 0) is 24.3 Å². The van der Waals surface area contributed by atoms with Gasteiger partial charge >= 0.3 is 0 Å². The highest BCUT2D eigenvalue weighted by atomic mass is 32.2. The van der Waals surface area contributed by atoms with E-state index in [4.69, 9.17) is 19.0 Å². The van der Waals surface area contributed by atoms with Crippen LogP contribution in [0.2, 0.25) is 0 Å². The molecule has 5 rings (SSSR count). The van der Waals surface area contributed by atoms with Crippen molar-refractivity contribution >= 4 is 21.4 Å². The number of thiazole rings is 1. The first-order chi connectivity index (χ1) is 18.2. The van der Waals surface area contributed by atoms with Crippen molar-refractivity contribution in [2.24, 2.45) is 5.14 Å². The Kier molecular flexibility index (Phi) is 7.73. The number of benzene rings is 2. The zero-order valence-electron chi connectivity index (χ0n) is 20.3. The minimum atomic E-state index is -3.84. The van der Waals surface area contributed by atoms with Crippen molar-refractivity contribution in [2.45, 2.75) is 36.0 Å². The Bertz CT molecular complexity index is 1480. The van der Waals surface area contributed by atoms with Crippen LogP contribution in [0.3, 0.4) is 0 Å². The van der Waals surface area contributed by atoms with Crippen LogP contribution in [0.4, 0.5) is 0 Å². The van der Waals surface area contributed by atoms with Gasteiger partial charge in [-0.25, -0.2) is 23.5 Å². The third-order valence-corrected chi connectivity index (χ3v) is 8.23. The maximum absolute atomic E-state index is 11.6. The third kappa shape index (κ3) is 5.86. The lowest BCUT2D eigenvalue weighted by atomic mass is 9.95. The molecular weight excluding hydrogens is 530 g/mol. The van der Waals surface area contributed by atoms with E-state index in [1.807, 2.05) is 35.7 Å². The van der Waals surface area contributed by atoms with E-state index in [1.54, 1.807) is 12.1 Å². The maximum atomic E-state index is 11.6. The van der Waals surface area contributed by atoms with Crippen LogP contribution < -0.4 is 5.14 Å². The molecule has 0 spiro atoms. The second-order valence-electron chi connectivity index (χ2n) is 8.98. The Hall–Kier alpha value is -2.97. The molecule has 200 valence electrons. The van der Waals surface area contributed by atoms with Crippen LogP contribution in [-0.2, 0) is 31.7 Å². The number of aliphatic hydroxyl groups excluding tert-OH is 1. The first-order valence-electron chi connectivity index (χ1n) is 11.9. The van der Waals surface area contributed by atoms with Gasteiger partial charge in [-0.2, -0.15) is 0 Å². The predicted octanol–water partition coefficient (Wildman–Crippen LogP) is 3.36. The van der Waals surface area contributed by atoms with E-state index < -0.39 is 21.7 Å². The molecule has 1 aliphatic heterocycles. The molecule has 0 amide bonds. The second kappa shape index (κ2) is 11.0. The standard InChI is InChI=1S/C26H27N3O7S2/c27-38(32,33)20-8-6-18(7-9-20)23-22(17-4-2-1-3-5-17)29-24(36-23)21(30)15-35-14-19-16-37-25(28-19)26(31)10-12-34-13-11-26/h1-9,16,21,30-31H,10-15H2,(H2,27,32,33). The molecule has 2 aromatic heterocycles. The molecule has 1 fully saturated rings. The second-order valence-corrected chi connectivity index (χ2v) is 11.4. The molecule has 0 radical (unpaired) electrons. The number of hydrogen-bond donors (Lipinski definition) is 3. The van der Waals surface area contributed by atoms with Crippen LogP contribution in [0.25, 0.3) is 22.6 Å². The molecule has 1 unspecified atom stereocenters. The maximum Gasteiger partial charge on any atom is 0.238 e. The molecule has 1 atom stereocenters. The van der Waals surface area contributed by atoms with Crippen molar-refractivity contribution in [3.05, 3.63) is 76.6 Å². The molecule has 0 aliphatic carbocycles. The van der Waals surface area contributed by atoms with Gasteiger partial charge in [0.2, 0.25) is 15.9 Å². The lowest BCUT2D eigenvalue weighted by Crippen LogP contribution is -2.33. The number of nitrogens with two attached hydrogens (primary N) is 1. The smallest absolute Gasteiger partial charge is 0.238 e. The largest absolute Gasteiger partial charge is 0.437 e. The summed E-state index contributed by atoms with van der Waals surface area (Å²) in [6.07, 6.45) is -0.158. The Morgan fingerprint density at radius 1 is 1.05 bits per heavy atom. The number of oxazole rings is 1. The number of hydrogen-bond acceptors (Lipinski definition) is 10. The molecule has 10 nitrogen and oxygen atoms in total. The summed E-state index contributed by atoms with van der Waals surface area (Å²) < 4.78 is 40.3. The molecule has 12 heteroatoms. The fourth-order valence-corrected chi connectivity index (χ4v) is 5.60. The normalized spacial score (nSPS) is 16.4. The number of nitrogens with zero attached hydrogens (tertiary/aromatic N) is 2. The van der Waals surface area contributed by atoms with E-state index in [9.17, 15) is 18.6 Å². The summed E-state index contributed by atoms with van der Waals surface area (Å²) in [6.45, 7) is 1.04. The Morgan fingerprint density at radius 2 is 1.76 bits per heavy atom. The number of sulfonamides is 1. The number of aliphatic hydroxyl groups is 2. The van der Waals surface area contributed by atoms with Crippen LogP contribution in [0.1, 0.15) is 35.5 Å². The molecule has 1 saturated heterocycles. The first kappa shape index (κ1) is 26.6. The zero-order chi connectivity index (χ0) is 26.8. The molecule has 38 heavy (non-hydrogen) atoms. The van der Waals surface area contributed by atoms with Crippen molar-refractivity contribution < 1.29 is 32.5 Å². The fraction of sp³-hybridized carbons (Fsp3) is 0.308. The van der Waals surface area contributed by atoms with Crippen molar-refractivity contribution in [2.75, 3.05) is 19.8 Å². The summed E-state index contributed by atoms with van der Waals surface area (Å²) in [6, 6.07) is 15.2. The highest BCUT2D eigenvalue weighted by Gasteiger charge is 2.34. The van der Waals surface area contributed by atoms with Crippen LogP contribution in [0, 0.1) is 0 Å². The van der Waals surface area contributed by atoms with E-state index in [-0.39, 0.29) is 24.0 Å². The number of rotatable bonds is 9. The van der Waals surface area contributed by atoms with Crippen molar-refractivity contribution in [3.63, 3.8) is 0 Å². The molecule has 4 N–H and O–H groups in total. The topological polar surface area (TPSA) is 158 Å². The van der Waals surface area contributed by atoms with Gasteiger partial charge in [0, 0.05) is 42.6 Å². The number of primary sulfonamides is 1. The van der Waals surface area contributed by atoms with Gasteiger partial charge in [0.25, 0.3) is 0 Å². The summed E-state index contributed by atoms with van der Waals surface area (Å²) in [5.41, 5.74) is 1.52. The predicted molar refractivity (Wildman–Crippen MR) is 139 cm³/mol. The lowest BCUT2D eigenvalue weighted by molar-refractivity contribution is -0.0682. The molecule has 4 aromatic rings. The highest BCUT2D eigenvalue weighted by molar-refractivity contribution is 7.89. The van der Waals surface area contributed by atoms with Crippen LogP contribution in [-0.4, -0.2) is 48.4 Å². The summed E-state index contributed by atoms with van der Waals surface area (Å²) >= 11 is 1.38. The lowest BCUT2D eigenvalue weighted by Gasteiger charge is -2.29. The van der Waals surface area contributed by atoms with E-state index >= 15 is 0 Å². The summed E-state index contributed by atoms with van der Waals surface area (Å²) in [5, 5.41) is 29.3. The zero-order valence-corrected chi connectivity index (χ0v) is 22.0. The van der Waals surface area contributed by atoms with E-state index in [0.717, 1.165) is 5.56 Å². The Labute approximate surface area is 223 Å². The molecule has 3 heterocycles. The van der Waals surface area contributed by atoms with Gasteiger partial charge in [-0.3, -0.25) is 0 Å². The minimum Gasteiger partial charge on any atom is -0.437 e. The molecule has 1 aliphatic rings. The minimum absolute atomic E-state index is 0.0233. The molecule has 2 aromatic carbocycles. The number of ether oxygens (including phenoxy) is 2.